The van der Waals surface area contributed by atoms with Gasteiger partial charge in [0.2, 0.25) is 5.69 Å². The number of nitrogens with zero attached hydrogens (tertiary/aromatic N) is 2. The fourth-order valence-corrected chi connectivity index (χ4v) is 4.02. The van der Waals surface area contributed by atoms with E-state index >= 15 is 0 Å². The smallest absolute Gasteiger partial charge is 0.217 e. The molecule has 0 amide bonds. The van der Waals surface area contributed by atoms with Crippen LogP contribution in [0.3, 0.4) is 0 Å². The van der Waals surface area contributed by atoms with Gasteiger partial charge in [0.25, 0.3) is 0 Å². The van der Waals surface area contributed by atoms with Crippen LogP contribution in [-0.4, -0.2) is 0 Å². The van der Waals surface area contributed by atoms with Gasteiger partial charge in [0.05, 0.1) is 6.26 Å². The maximum absolute atomic E-state index is 5.49. The zero-order valence-corrected chi connectivity index (χ0v) is 17.5. The van der Waals surface area contributed by atoms with Crippen molar-refractivity contribution in [2.45, 2.75) is 26.2 Å². The topological polar surface area (TPSA) is 33.1 Å². The lowest BCUT2D eigenvalue weighted by molar-refractivity contribution is -0.486. The molecular weight excluding hydrogens is 368 g/mol. The molecule has 0 saturated heterocycles. The molecule has 3 heterocycles. The molecule has 0 unspecified atom stereocenters. The SMILES string of the molecule is C=[n+]1ccc(=C2C=Cc3ccoc3[N-]2)cc1-c1cc(C(C)(C)C)c2ccccc2c1. The second-order valence-corrected chi connectivity index (χ2v) is 8.78. The Hall–Kier alpha value is -3.59. The summed E-state index contributed by atoms with van der Waals surface area (Å²) < 4.78 is 7.41. The maximum Gasteiger partial charge on any atom is 0.217 e. The molecule has 3 nitrogen and oxygen atoms in total. The van der Waals surface area contributed by atoms with Crippen molar-refractivity contribution in [3.05, 3.63) is 102 Å². The Bertz CT molecular complexity index is 1420. The van der Waals surface area contributed by atoms with Gasteiger partial charge in [-0.3, -0.25) is 0 Å². The molecule has 0 spiro atoms. The van der Waals surface area contributed by atoms with Crippen LogP contribution in [0, 0.1) is 6.72 Å². The van der Waals surface area contributed by atoms with E-state index in [1.54, 1.807) is 6.26 Å². The Kier molecular flexibility index (Phi) is 4.14. The van der Waals surface area contributed by atoms with Gasteiger partial charge in [-0.05, 0) is 50.7 Å². The molecule has 0 atom stereocenters. The average Bonchev–Trinajstić information content (AvgIpc) is 3.20. The first-order valence-electron chi connectivity index (χ1n) is 10.1. The lowest BCUT2D eigenvalue weighted by Crippen LogP contribution is -2.22. The first kappa shape index (κ1) is 18.4. The van der Waals surface area contributed by atoms with Crippen LogP contribution in [0.4, 0.5) is 5.88 Å². The molecule has 2 aromatic heterocycles. The van der Waals surface area contributed by atoms with Crippen molar-refractivity contribution >= 4 is 28.4 Å². The van der Waals surface area contributed by atoms with E-state index in [9.17, 15) is 0 Å². The van der Waals surface area contributed by atoms with Gasteiger partial charge in [-0.15, -0.1) is 5.70 Å². The zero-order valence-electron chi connectivity index (χ0n) is 17.5. The van der Waals surface area contributed by atoms with Gasteiger partial charge in [0.15, 0.2) is 6.20 Å². The van der Waals surface area contributed by atoms with E-state index in [4.69, 9.17) is 4.42 Å². The molecular formula is C27H24N2O. The quantitative estimate of drug-likeness (QED) is 0.357. The highest BCUT2D eigenvalue weighted by Gasteiger charge is 2.20. The first-order valence-corrected chi connectivity index (χ1v) is 10.1. The summed E-state index contributed by atoms with van der Waals surface area (Å²) in [6.45, 7) is 11.0. The minimum absolute atomic E-state index is 0.0328. The molecule has 0 saturated carbocycles. The maximum atomic E-state index is 5.49. The normalized spacial score (nSPS) is 15.2. The lowest BCUT2D eigenvalue weighted by atomic mass is 9.82. The number of aromatic nitrogens is 1. The molecule has 148 valence electrons. The van der Waals surface area contributed by atoms with E-state index in [-0.39, 0.29) is 5.41 Å². The van der Waals surface area contributed by atoms with Gasteiger partial charge in [-0.25, -0.2) is 0 Å². The highest BCUT2D eigenvalue weighted by molar-refractivity contribution is 5.91. The van der Waals surface area contributed by atoms with Gasteiger partial charge in [-0.2, -0.15) is 4.24 Å². The molecule has 1 aliphatic rings. The molecule has 2 aromatic carbocycles. The van der Waals surface area contributed by atoms with Crippen LogP contribution in [0.25, 0.3) is 39.1 Å². The minimum atomic E-state index is 0.0328. The Morgan fingerprint density at radius 2 is 1.80 bits per heavy atom. The van der Waals surface area contributed by atoms with Crippen molar-refractivity contribution in [3.63, 3.8) is 0 Å². The molecule has 1 aliphatic heterocycles. The van der Waals surface area contributed by atoms with Crippen LogP contribution in [0.1, 0.15) is 31.9 Å². The van der Waals surface area contributed by atoms with Crippen molar-refractivity contribution in [1.29, 1.82) is 0 Å². The number of furan rings is 1. The molecule has 5 rings (SSSR count). The van der Waals surface area contributed by atoms with Crippen LogP contribution in [0.5, 0.6) is 0 Å². The third kappa shape index (κ3) is 3.13. The minimum Gasteiger partial charge on any atom is -0.626 e. The number of fused-ring (bicyclic) bond motifs is 2. The van der Waals surface area contributed by atoms with Gasteiger partial charge in [0.1, 0.15) is 6.72 Å². The van der Waals surface area contributed by atoms with E-state index in [0.717, 1.165) is 27.7 Å². The second-order valence-electron chi connectivity index (χ2n) is 8.78. The summed E-state index contributed by atoms with van der Waals surface area (Å²) in [6, 6.07) is 19.2. The van der Waals surface area contributed by atoms with Crippen LogP contribution in [-0.2, 0) is 5.41 Å². The Balaban J connectivity index is 1.73. The molecule has 0 aliphatic carbocycles. The van der Waals surface area contributed by atoms with Gasteiger partial charge in [0, 0.05) is 23.6 Å². The molecule has 30 heavy (non-hydrogen) atoms. The van der Waals surface area contributed by atoms with E-state index < -0.39 is 0 Å². The summed E-state index contributed by atoms with van der Waals surface area (Å²) in [4.78, 5) is 0. The first-order chi connectivity index (χ1) is 14.4. The highest BCUT2D eigenvalue weighted by Crippen LogP contribution is 2.36. The standard InChI is InChI=1S/C27H24N2O/c1-27(2,3)23-16-21(15-19-7-5-6-8-22(19)23)25-17-20(11-13-29(25)4)24-10-9-18-12-14-30-26(18)28-24/h5-17H,4H2,1-3H3. The Morgan fingerprint density at radius 3 is 2.63 bits per heavy atom. The lowest BCUT2D eigenvalue weighted by Gasteiger charge is -2.25. The van der Waals surface area contributed by atoms with E-state index in [0.29, 0.717) is 5.88 Å². The van der Waals surface area contributed by atoms with Gasteiger partial charge < -0.3 is 9.73 Å². The third-order valence-electron chi connectivity index (χ3n) is 5.61. The number of pyridine rings is 1. The second kappa shape index (κ2) is 6.74. The van der Waals surface area contributed by atoms with Gasteiger partial charge >= 0.3 is 0 Å². The van der Waals surface area contributed by atoms with E-state index in [1.165, 1.54) is 16.3 Å². The molecule has 4 aromatic rings. The fraction of sp³-hybridized carbons (Fsp3) is 0.148. The van der Waals surface area contributed by atoms with Crippen LogP contribution in [0.2, 0.25) is 0 Å². The summed E-state index contributed by atoms with van der Waals surface area (Å²) in [5.74, 6) is 0.654. The Morgan fingerprint density at radius 1 is 0.967 bits per heavy atom. The zero-order chi connectivity index (χ0) is 20.9. The monoisotopic (exact) mass is 392 g/mol. The summed E-state index contributed by atoms with van der Waals surface area (Å²) in [7, 11) is 0. The average molecular weight is 393 g/mol. The fourth-order valence-electron chi connectivity index (χ4n) is 4.02. The van der Waals surface area contributed by atoms with Crippen molar-refractivity contribution in [3.8, 4) is 11.3 Å². The van der Waals surface area contributed by atoms with E-state index in [1.807, 2.05) is 34.7 Å². The number of hydrogen-bond acceptors (Lipinski definition) is 1. The predicted octanol–water partition coefficient (Wildman–Crippen LogP) is 6.16. The molecule has 0 bridgehead atoms. The van der Waals surface area contributed by atoms with Crippen LogP contribution in [0.15, 0.2) is 77.6 Å². The molecule has 3 heteroatoms. The van der Waals surface area contributed by atoms with Crippen LogP contribution >= 0.6 is 0 Å². The number of benzene rings is 2. The summed E-state index contributed by atoms with van der Waals surface area (Å²) in [5.41, 5.74) is 5.45. The summed E-state index contributed by atoms with van der Waals surface area (Å²) in [6.07, 6.45) is 7.74. The molecule has 0 fully saturated rings. The number of rotatable bonds is 1. The van der Waals surface area contributed by atoms with Crippen molar-refractivity contribution in [2.75, 3.05) is 0 Å². The van der Waals surface area contributed by atoms with Crippen molar-refractivity contribution in [1.82, 2.24) is 0 Å². The van der Waals surface area contributed by atoms with Crippen molar-refractivity contribution < 1.29 is 8.66 Å². The van der Waals surface area contributed by atoms with Crippen LogP contribution < -0.4 is 9.46 Å². The third-order valence-corrected chi connectivity index (χ3v) is 5.61. The van der Waals surface area contributed by atoms with Crippen molar-refractivity contribution in [2.24, 2.45) is 0 Å². The van der Waals surface area contributed by atoms with Gasteiger partial charge in [-0.1, -0.05) is 57.2 Å². The summed E-state index contributed by atoms with van der Waals surface area (Å²) >= 11 is 0. The Labute approximate surface area is 176 Å². The van der Waals surface area contributed by atoms with E-state index in [2.05, 4.69) is 75.3 Å². The molecule has 0 N–H and O–H groups in total. The molecule has 0 radical (unpaired) electrons. The highest BCUT2D eigenvalue weighted by atomic mass is 16.3. The largest absolute Gasteiger partial charge is 0.626 e. The predicted molar refractivity (Wildman–Crippen MR) is 123 cm³/mol. The number of hydrogen-bond donors (Lipinski definition) is 0. The summed E-state index contributed by atoms with van der Waals surface area (Å²) in [5, 5.41) is 8.25.